The van der Waals surface area contributed by atoms with Crippen LogP contribution in [0.15, 0.2) is 52.6 Å². The van der Waals surface area contributed by atoms with Crippen LogP contribution in [0.3, 0.4) is 0 Å². The number of fused-ring (bicyclic) bond motifs is 1. The van der Waals surface area contributed by atoms with E-state index < -0.39 is 0 Å². The molecular formula is C20H21N7O. The minimum absolute atomic E-state index is 0.151. The first-order chi connectivity index (χ1) is 13.5. The number of aryl methyl sites for hydroxylation is 2. The van der Waals surface area contributed by atoms with Crippen LogP contribution in [0.25, 0.3) is 10.9 Å². The maximum atomic E-state index is 13.0. The third-order valence-corrected chi connectivity index (χ3v) is 4.75. The Morgan fingerprint density at radius 1 is 1.25 bits per heavy atom. The normalized spacial score (nSPS) is 12.0. The van der Waals surface area contributed by atoms with Crippen molar-refractivity contribution in [2.24, 2.45) is 12.0 Å². The van der Waals surface area contributed by atoms with E-state index in [4.69, 9.17) is 4.99 Å². The number of nitrogens with one attached hydrogen (secondary N) is 1. The van der Waals surface area contributed by atoms with Gasteiger partial charge in [-0.2, -0.15) is 10.2 Å². The summed E-state index contributed by atoms with van der Waals surface area (Å²) in [6.07, 6.45) is 5.82. The smallest absolute Gasteiger partial charge is 0.291 e. The first-order valence-electron chi connectivity index (χ1n) is 9.02. The number of rotatable bonds is 5. The number of aromatic nitrogens is 6. The summed E-state index contributed by atoms with van der Waals surface area (Å²) in [5.74, 6) is 0.765. The molecule has 4 rings (SSSR count). The fourth-order valence-corrected chi connectivity index (χ4v) is 3.35. The van der Waals surface area contributed by atoms with E-state index in [0.717, 1.165) is 33.9 Å². The highest BCUT2D eigenvalue weighted by Crippen LogP contribution is 2.28. The Morgan fingerprint density at radius 2 is 2.11 bits per heavy atom. The predicted octanol–water partition coefficient (Wildman–Crippen LogP) is 2.54. The highest BCUT2D eigenvalue weighted by atomic mass is 16.1. The molecule has 0 aliphatic heterocycles. The van der Waals surface area contributed by atoms with E-state index in [2.05, 4.69) is 20.3 Å². The summed E-state index contributed by atoms with van der Waals surface area (Å²) in [5, 5.41) is 11.9. The highest BCUT2D eigenvalue weighted by molar-refractivity contribution is 5.91. The van der Waals surface area contributed by atoms with Gasteiger partial charge in [0.1, 0.15) is 11.3 Å². The van der Waals surface area contributed by atoms with Gasteiger partial charge in [0.2, 0.25) is 0 Å². The molecule has 0 bridgehead atoms. The van der Waals surface area contributed by atoms with Crippen LogP contribution >= 0.6 is 0 Å². The lowest BCUT2D eigenvalue weighted by Gasteiger charge is -2.05. The fourth-order valence-electron chi connectivity index (χ4n) is 3.35. The first-order valence-corrected chi connectivity index (χ1v) is 9.02. The largest absolute Gasteiger partial charge is 0.324 e. The topological polar surface area (TPSA) is 93.8 Å². The minimum Gasteiger partial charge on any atom is -0.324 e. The zero-order chi connectivity index (χ0) is 19.7. The predicted molar refractivity (Wildman–Crippen MR) is 108 cm³/mol. The second-order valence-electron chi connectivity index (χ2n) is 6.80. The third kappa shape index (κ3) is 3.24. The summed E-state index contributed by atoms with van der Waals surface area (Å²) in [6, 6.07) is 7.66. The lowest BCUT2D eigenvalue weighted by Crippen LogP contribution is -2.24. The zero-order valence-corrected chi connectivity index (χ0v) is 16.0. The summed E-state index contributed by atoms with van der Waals surface area (Å²) in [7, 11) is 1.87. The molecule has 0 saturated carbocycles. The van der Waals surface area contributed by atoms with Gasteiger partial charge in [-0.1, -0.05) is 6.07 Å². The summed E-state index contributed by atoms with van der Waals surface area (Å²) < 4.78 is 3.28. The Morgan fingerprint density at radius 3 is 2.82 bits per heavy atom. The van der Waals surface area contributed by atoms with Gasteiger partial charge in [0.25, 0.3) is 5.56 Å². The van der Waals surface area contributed by atoms with Gasteiger partial charge in [-0.3, -0.25) is 14.9 Å². The van der Waals surface area contributed by atoms with Crippen LogP contribution in [-0.2, 0) is 20.0 Å². The molecule has 0 unspecified atom stereocenters. The Labute approximate surface area is 161 Å². The van der Waals surface area contributed by atoms with Crippen molar-refractivity contribution in [3.8, 4) is 0 Å². The second kappa shape index (κ2) is 7.22. The first kappa shape index (κ1) is 17.8. The number of hydrogen-bond acceptors (Lipinski definition) is 5. The van der Waals surface area contributed by atoms with E-state index in [1.807, 2.05) is 49.7 Å². The maximum Gasteiger partial charge on any atom is 0.291 e. The van der Waals surface area contributed by atoms with E-state index in [1.165, 1.54) is 4.68 Å². The van der Waals surface area contributed by atoms with Gasteiger partial charge >= 0.3 is 0 Å². The molecule has 4 aromatic rings. The van der Waals surface area contributed by atoms with Gasteiger partial charge in [0.15, 0.2) is 0 Å². The molecule has 0 spiro atoms. The molecule has 4 aromatic heterocycles. The van der Waals surface area contributed by atoms with Gasteiger partial charge in [-0.25, -0.2) is 9.67 Å². The van der Waals surface area contributed by atoms with Crippen LogP contribution in [0.5, 0.6) is 0 Å². The van der Waals surface area contributed by atoms with Crippen LogP contribution in [0, 0.1) is 6.92 Å². The fraction of sp³-hybridized carbons (Fsp3) is 0.250. The van der Waals surface area contributed by atoms with Crippen LogP contribution in [0.4, 0.5) is 5.82 Å². The second-order valence-corrected chi connectivity index (χ2v) is 6.80. The molecule has 142 valence electrons. The Balaban J connectivity index is 1.74. The molecule has 0 saturated heterocycles. The molecule has 0 amide bonds. The minimum atomic E-state index is -0.151. The van der Waals surface area contributed by atoms with Gasteiger partial charge < -0.3 is 4.57 Å². The molecule has 0 aromatic carbocycles. The van der Waals surface area contributed by atoms with E-state index in [-0.39, 0.29) is 5.56 Å². The molecule has 0 aliphatic rings. The summed E-state index contributed by atoms with van der Waals surface area (Å²) in [5.41, 5.74) is 4.10. The van der Waals surface area contributed by atoms with Crippen LogP contribution in [0.2, 0.25) is 0 Å². The van der Waals surface area contributed by atoms with Gasteiger partial charge in [-0.05, 0) is 32.0 Å². The van der Waals surface area contributed by atoms with Crippen molar-refractivity contribution in [1.82, 2.24) is 29.5 Å². The zero-order valence-electron chi connectivity index (χ0n) is 16.0. The molecule has 0 aliphatic carbocycles. The Kier molecular flexibility index (Phi) is 4.60. The molecule has 28 heavy (non-hydrogen) atoms. The highest BCUT2D eigenvalue weighted by Gasteiger charge is 2.17. The maximum absolute atomic E-state index is 13.0. The average Bonchev–Trinajstić information content (AvgIpc) is 3.27. The molecule has 8 nitrogen and oxygen atoms in total. The quantitative estimate of drug-likeness (QED) is 0.543. The monoisotopic (exact) mass is 375 g/mol. The Hall–Kier alpha value is -3.55. The lowest BCUT2D eigenvalue weighted by molar-refractivity contribution is 0.631. The molecule has 4 heterocycles. The summed E-state index contributed by atoms with van der Waals surface area (Å²) >= 11 is 0. The summed E-state index contributed by atoms with van der Waals surface area (Å²) in [6.45, 7) is 4.28. The number of aromatic amines is 1. The van der Waals surface area contributed by atoms with Crippen molar-refractivity contribution in [3.63, 3.8) is 0 Å². The van der Waals surface area contributed by atoms with Gasteiger partial charge in [0, 0.05) is 48.2 Å². The molecule has 0 radical (unpaired) electrons. The van der Waals surface area contributed by atoms with Crippen molar-refractivity contribution in [2.45, 2.75) is 26.8 Å². The van der Waals surface area contributed by atoms with Gasteiger partial charge in [0.05, 0.1) is 18.4 Å². The summed E-state index contributed by atoms with van der Waals surface area (Å²) in [4.78, 5) is 22.1. The van der Waals surface area contributed by atoms with Crippen molar-refractivity contribution in [1.29, 1.82) is 0 Å². The van der Waals surface area contributed by atoms with Gasteiger partial charge in [-0.15, -0.1) is 0 Å². The van der Waals surface area contributed by atoms with Crippen molar-refractivity contribution in [2.75, 3.05) is 0 Å². The lowest BCUT2D eigenvalue weighted by atomic mass is 10.2. The van der Waals surface area contributed by atoms with E-state index in [0.29, 0.717) is 18.5 Å². The SMILES string of the molecule is CC(Cc1ccccn1)=Nc1c(C)c2cnn(Cc3ccn[nH]3)c(=O)c2n1C. The van der Waals surface area contributed by atoms with Crippen molar-refractivity contribution < 1.29 is 0 Å². The van der Waals surface area contributed by atoms with E-state index in [1.54, 1.807) is 18.6 Å². The number of pyridine rings is 1. The van der Waals surface area contributed by atoms with E-state index >= 15 is 0 Å². The average molecular weight is 375 g/mol. The van der Waals surface area contributed by atoms with Crippen molar-refractivity contribution >= 4 is 22.4 Å². The number of hydrogen-bond donors (Lipinski definition) is 1. The third-order valence-electron chi connectivity index (χ3n) is 4.75. The van der Waals surface area contributed by atoms with Crippen LogP contribution < -0.4 is 5.56 Å². The van der Waals surface area contributed by atoms with E-state index in [9.17, 15) is 4.79 Å². The number of nitrogens with zero attached hydrogens (tertiary/aromatic N) is 6. The molecular weight excluding hydrogens is 354 g/mol. The number of aliphatic imine (C=N–C) groups is 1. The molecule has 8 heteroatoms. The van der Waals surface area contributed by atoms with Crippen LogP contribution in [0.1, 0.15) is 23.9 Å². The molecule has 0 fully saturated rings. The standard InChI is InChI=1S/C20H21N7O/c1-13(10-15-6-4-5-8-21-15)24-19-14(2)17-11-23-27(12-16-7-9-22-25-16)20(28)18(17)26(19)3/h4-9,11H,10,12H2,1-3H3,(H,22,25). The molecule has 0 atom stereocenters. The van der Waals surface area contributed by atoms with Crippen molar-refractivity contribution in [3.05, 3.63) is 70.2 Å². The van der Waals surface area contributed by atoms with Crippen LogP contribution in [-0.4, -0.2) is 35.2 Å². The Bertz CT molecular complexity index is 1200. The number of H-pyrrole nitrogens is 1. The molecule has 1 N–H and O–H groups in total.